The molecule has 5 heteroatoms. The van der Waals surface area contributed by atoms with Crippen LogP contribution in [0.4, 0.5) is 0 Å². The average molecular weight is 188 g/mol. The summed E-state index contributed by atoms with van der Waals surface area (Å²) in [6.45, 7) is 4.02. The molecule has 0 aromatic rings. The van der Waals surface area contributed by atoms with Gasteiger partial charge in [-0.15, -0.1) is 0 Å². The summed E-state index contributed by atoms with van der Waals surface area (Å²) in [5.74, 6) is -0.656. The van der Waals surface area contributed by atoms with Crippen molar-refractivity contribution in [1.82, 2.24) is 10.6 Å². The molecule has 0 aliphatic heterocycles. The molecular formula is C8H16N2O3. The third-order valence-corrected chi connectivity index (χ3v) is 1.33. The second-order valence-electron chi connectivity index (χ2n) is 2.89. The maximum atomic E-state index is 11.0. The van der Waals surface area contributed by atoms with Gasteiger partial charge in [0.1, 0.15) is 6.54 Å². The molecule has 0 aliphatic rings. The van der Waals surface area contributed by atoms with Crippen LogP contribution in [0.25, 0.3) is 0 Å². The second-order valence-corrected chi connectivity index (χ2v) is 2.89. The Morgan fingerprint density at radius 1 is 1.31 bits per heavy atom. The molecule has 1 amide bonds. The lowest BCUT2D eigenvalue weighted by atomic mass is 10.4. The highest BCUT2D eigenvalue weighted by molar-refractivity contribution is 5.83. The lowest BCUT2D eigenvalue weighted by Crippen LogP contribution is -2.39. The van der Waals surface area contributed by atoms with Crippen LogP contribution in [0.3, 0.4) is 0 Å². The lowest BCUT2D eigenvalue weighted by Gasteiger charge is -2.07. The Balaban J connectivity index is 3.46. The van der Waals surface area contributed by atoms with Crippen LogP contribution in [-0.4, -0.2) is 38.1 Å². The second kappa shape index (κ2) is 6.42. The number of carbonyl (C=O) groups is 2. The fourth-order valence-electron chi connectivity index (χ4n) is 0.602. The van der Waals surface area contributed by atoms with Gasteiger partial charge in [0.15, 0.2) is 0 Å². The number of carbonyl (C=O) groups excluding carboxylic acids is 2. The molecule has 0 atom stereocenters. The molecule has 0 saturated heterocycles. The first-order valence-electron chi connectivity index (χ1n) is 4.13. The predicted octanol–water partition coefficient (Wildman–Crippen LogP) is -0.726. The number of ether oxygens (including phenoxy) is 1. The van der Waals surface area contributed by atoms with Crippen molar-refractivity contribution in [2.45, 2.75) is 19.9 Å². The van der Waals surface area contributed by atoms with Gasteiger partial charge >= 0.3 is 5.97 Å². The summed E-state index contributed by atoms with van der Waals surface area (Å²) in [5, 5.41) is 5.34. The van der Waals surface area contributed by atoms with Crippen LogP contribution in [0.15, 0.2) is 0 Å². The van der Waals surface area contributed by atoms with Crippen molar-refractivity contribution in [1.29, 1.82) is 0 Å². The molecule has 2 N–H and O–H groups in total. The fraction of sp³-hybridized carbons (Fsp3) is 0.750. The molecule has 0 aromatic heterocycles. The van der Waals surface area contributed by atoms with Crippen LogP contribution in [0.2, 0.25) is 0 Å². The first kappa shape index (κ1) is 11.9. The van der Waals surface area contributed by atoms with Crippen molar-refractivity contribution in [3.05, 3.63) is 0 Å². The predicted molar refractivity (Wildman–Crippen MR) is 48.2 cm³/mol. The Bertz CT molecular complexity index is 180. The minimum Gasteiger partial charge on any atom is -0.468 e. The van der Waals surface area contributed by atoms with Crippen LogP contribution < -0.4 is 10.6 Å². The van der Waals surface area contributed by atoms with Crippen molar-refractivity contribution in [2.24, 2.45) is 0 Å². The summed E-state index contributed by atoms with van der Waals surface area (Å²) in [5.41, 5.74) is 0. The molecule has 76 valence electrons. The van der Waals surface area contributed by atoms with E-state index < -0.39 is 5.97 Å². The maximum absolute atomic E-state index is 11.0. The number of methoxy groups -OCH3 is 1. The van der Waals surface area contributed by atoms with Gasteiger partial charge in [0.2, 0.25) is 5.91 Å². The molecule has 0 rings (SSSR count). The number of nitrogens with one attached hydrogen (secondary N) is 2. The molecule has 0 aliphatic carbocycles. The van der Waals surface area contributed by atoms with E-state index in [1.165, 1.54) is 7.11 Å². The maximum Gasteiger partial charge on any atom is 0.325 e. The van der Waals surface area contributed by atoms with Crippen LogP contribution in [-0.2, 0) is 14.3 Å². The van der Waals surface area contributed by atoms with Gasteiger partial charge < -0.3 is 15.4 Å². The molecule has 13 heavy (non-hydrogen) atoms. The van der Waals surface area contributed by atoms with E-state index in [0.29, 0.717) is 0 Å². The van der Waals surface area contributed by atoms with E-state index in [2.05, 4.69) is 15.4 Å². The number of esters is 1. The van der Waals surface area contributed by atoms with Gasteiger partial charge in [-0.2, -0.15) is 0 Å². The summed E-state index contributed by atoms with van der Waals surface area (Å²) >= 11 is 0. The minimum absolute atomic E-state index is 0.0743. The molecular weight excluding hydrogens is 172 g/mol. The molecule has 0 unspecified atom stereocenters. The van der Waals surface area contributed by atoms with E-state index in [9.17, 15) is 9.59 Å². The Labute approximate surface area is 77.8 Å². The summed E-state index contributed by atoms with van der Waals surface area (Å²) < 4.78 is 4.35. The van der Waals surface area contributed by atoms with Crippen LogP contribution in [0.1, 0.15) is 13.8 Å². The van der Waals surface area contributed by atoms with E-state index in [1.807, 2.05) is 13.8 Å². The molecule has 0 spiro atoms. The zero-order chi connectivity index (χ0) is 10.3. The van der Waals surface area contributed by atoms with Gasteiger partial charge in [0.25, 0.3) is 0 Å². The number of hydrogen-bond acceptors (Lipinski definition) is 4. The summed E-state index contributed by atoms with van der Waals surface area (Å²) in [6, 6.07) is 0.254. The Hall–Kier alpha value is -1.10. The lowest BCUT2D eigenvalue weighted by molar-refractivity contribution is -0.141. The third kappa shape index (κ3) is 7.27. The highest BCUT2D eigenvalue weighted by Gasteiger charge is 2.04. The van der Waals surface area contributed by atoms with E-state index in [-0.39, 0.29) is 25.0 Å². The zero-order valence-electron chi connectivity index (χ0n) is 8.22. The SMILES string of the molecule is COC(=O)CNC(=O)CNC(C)C. The average Bonchev–Trinajstić information content (AvgIpc) is 2.10. The van der Waals surface area contributed by atoms with E-state index in [0.717, 1.165) is 0 Å². The minimum atomic E-state index is -0.446. The number of amides is 1. The van der Waals surface area contributed by atoms with Crippen LogP contribution >= 0.6 is 0 Å². The van der Waals surface area contributed by atoms with Gasteiger partial charge in [-0.25, -0.2) is 0 Å². The quantitative estimate of drug-likeness (QED) is 0.558. The van der Waals surface area contributed by atoms with Crippen molar-refractivity contribution >= 4 is 11.9 Å². The smallest absolute Gasteiger partial charge is 0.325 e. The Morgan fingerprint density at radius 3 is 2.38 bits per heavy atom. The third-order valence-electron chi connectivity index (χ3n) is 1.33. The summed E-state index contributed by atoms with van der Waals surface area (Å²) in [4.78, 5) is 21.6. The topological polar surface area (TPSA) is 67.4 Å². The largest absolute Gasteiger partial charge is 0.468 e. The highest BCUT2D eigenvalue weighted by atomic mass is 16.5. The zero-order valence-corrected chi connectivity index (χ0v) is 8.22. The van der Waals surface area contributed by atoms with Crippen LogP contribution in [0, 0.1) is 0 Å². The van der Waals surface area contributed by atoms with Gasteiger partial charge in [0.05, 0.1) is 13.7 Å². The molecule has 0 aromatic carbocycles. The van der Waals surface area contributed by atoms with Crippen molar-refractivity contribution in [2.75, 3.05) is 20.2 Å². The van der Waals surface area contributed by atoms with Gasteiger partial charge in [-0.3, -0.25) is 9.59 Å². The van der Waals surface area contributed by atoms with Crippen LogP contribution in [0.5, 0.6) is 0 Å². The first-order chi connectivity index (χ1) is 6.06. The van der Waals surface area contributed by atoms with Crippen molar-refractivity contribution in [3.63, 3.8) is 0 Å². The Kier molecular flexibility index (Phi) is 5.88. The highest BCUT2D eigenvalue weighted by Crippen LogP contribution is 1.75. The monoisotopic (exact) mass is 188 g/mol. The standard InChI is InChI=1S/C8H16N2O3/c1-6(2)9-4-7(11)10-5-8(12)13-3/h6,9H,4-5H2,1-3H3,(H,10,11). The number of hydrogen-bond donors (Lipinski definition) is 2. The van der Waals surface area contributed by atoms with Crippen molar-refractivity contribution in [3.8, 4) is 0 Å². The van der Waals surface area contributed by atoms with E-state index in [1.54, 1.807) is 0 Å². The first-order valence-corrected chi connectivity index (χ1v) is 4.13. The molecule has 0 fully saturated rings. The van der Waals surface area contributed by atoms with Gasteiger partial charge in [0, 0.05) is 6.04 Å². The van der Waals surface area contributed by atoms with E-state index >= 15 is 0 Å². The normalized spacial score (nSPS) is 9.85. The molecule has 0 saturated carbocycles. The van der Waals surface area contributed by atoms with Gasteiger partial charge in [-0.1, -0.05) is 13.8 Å². The fourth-order valence-corrected chi connectivity index (χ4v) is 0.602. The Morgan fingerprint density at radius 2 is 1.92 bits per heavy atom. The molecule has 5 nitrogen and oxygen atoms in total. The van der Waals surface area contributed by atoms with Gasteiger partial charge in [-0.05, 0) is 0 Å². The molecule has 0 heterocycles. The molecule has 0 radical (unpaired) electrons. The van der Waals surface area contributed by atoms with Crippen molar-refractivity contribution < 1.29 is 14.3 Å². The van der Waals surface area contributed by atoms with E-state index in [4.69, 9.17) is 0 Å². The number of rotatable bonds is 5. The summed E-state index contributed by atoms with van der Waals surface area (Å²) in [7, 11) is 1.28. The molecule has 0 bridgehead atoms. The summed E-state index contributed by atoms with van der Waals surface area (Å²) in [6.07, 6.45) is 0.